The fraction of sp³-hybridized carbons (Fsp3) is 0.400. The molecule has 0 bridgehead atoms. The number of hydrogen-bond acceptors (Lipinski definition) is 5. The van der Waals surface area contributed by atoms with E-state index in [4.69, 9.17) is 4.74 Å². The number of carbonyl (C=O) groups is 2. The highest BCUT2D eigenvalue weighted by atomic mass is 16.5. The van der Waals surface area contributed by atoms with E-state index in [0.717, 1.165) is 18.4 Å². The number of aromatic nitrogens is 2. The van der Waals surface area contributed by atoms with E-state index in [-0.39, 0.29) is 18.0 Å². The molecule has 0 aliphatic carbocycles. The average Bonchev–Trinajstić information content (AvgIpc) is 3.15. The molecular weight excluding hydrogens is 358 g/mol. The molecule has 8 nitrogen and oxygen atoms in total. The Labute approximate surface area is 163 Å². The minimum Gasteiger partial charge on any atom is -0.381 e. The Kier molecular flexibility index (Phi) is 5.48. The van der Waals surface area contributed by atoms with Crippen molar-refractivity contribution in [2.75, 3.05) is 31.2 Å². The van der Waals surface area contributed by atoms with Gasteiger partial charge in [0.1, 0.15) is 5.82 Å². The summed E-state index contributed by atoms with van der Waals surface area (Å²) in [4.78, 5) is 36.9. The van der Waals surface area contributed by atoms with E-state index < -0.39 is 0 Å². The summed E-state index contributed by atoms with van der Waals surface area (Å²) in [6.07, 6.45) is 6.64. The fourth-order valence-electron chi connectivity index (χ4n) is 3.56. The van der Waals surface area contributed by atoms with Gasteiger partial charge in [-0.25, -0.2) is 9.78 Å². The molecule has 2 fully saturated rings. The van der Waals surface area contributed by atoms with Crippen LogP contribution in [-0.4, -0.2) is 59.2 Å². The van der Waals surface area contributed by atoms with Crippen molar-refractivity contribution in [2.45, 2.75) is 25.4 Å². The molecule has 0 atom stereocenters. The zero-order chi connectivity index (χ0) is 19.3. The van der Waals surface area contributed by atoms with Crippen molar-refractivity contribution in [1.29, 1.82) is 0 Å². The molecule has 2 aromatic rings. The standard InChI is InChI=1S/C20H23N5O3/c26-19(16-2-1-7-21-14-16)23-13-15-3-4-18(22-12-15)25-9-8-24(20(25)27)17-5-10-28-11-6-17/h1-4,7,12,14,17H,5-6,8-11,13H2,(H,23,26). The second kappa shape index (κ2) is 8.35. The van der Waals surface area contributed by atoms with Gasteiger partial charge in [-0.1, -0.05) is 6.07 Å². The van der Waals surface area contributed by atoms with Gasteiger partial charge in [-0.3, -0.25) is 14.7 Å². The molecule has 4 heterocycles. The van der Waals surface area contributed by atoms with Crippen LogP contribution in [0.25, 0.3) is 0 Å². The van der Waals surface area contributed by atoms with Crippen LogP contribution < -0.4 is 10.2 Å². The highest BCUT2D eigenvalue weighted by Gasteiger charge is 2.35. The van der Waals surface area contributed by atoms with E-state index in [1.165, 1.54) is 6.20 Å². The number of nitrogens with one attached hydrogen (secondary N) is 1. The monoisotopic (exact) mass is 381 g/mol. The molecule has 2 aromatic heterocycles. The van der Waals surface area contributed by atoms with Crippen molar-refractivity contribution < 1.29 is 14.3 Å². The third-order valence-corrected chi connectivity index (χ3v) is 5.14. The van der Waals surface area contributed by atoms with Crippen LogP contribution in [0.15, 0.2) is 42.9 Å². The van der Waals surface area contributed by atoms with Gasteiger partial charge in [0, 0.05) is 57.5 Å². The molecule has 0 radical (unpaired) electrons. The Bertz CT molecular complexity index is 821. The molecule has 1 N–H and O–H groups in total. The molecule has 2 aliphatic rings. The Hall–Kier alpha value is -3.00. The van der Waals surface area contributed by atoms with E-state index >= 15 is 0 Å². The molecule has 2 aliphatic heterocycles. The quantitative estimate of drug-likeness (QED) is 0.854. The largest absolute Gasteiger partial charge is 0.381 e. The zero-order valence-corrected chi connectivity index (χ0v) is 15.6. The maximum atomic E-state index is 12.8. The van der Waals surface area contributed by atoms with Crippen molar-refractivity contribution in [3.63, 3.8) is 0 Å². The van der Waals surface area contributed by atoms with Crippen LogP contribution in [-0.2, 0) is 11.3 Å². The number of urea groups is 1. The number of amides is 3. The lowest BCUT2D eigenvalue weighted by atomic mass is 10.1. The molecule has 2 saturated heterocycles. The van der Waals surface area contributed by atoms with Gasteiger partial charge in [0.15, 0.2) is 0 Å². The Balaban J connectivity index is 1.34. The zero-order valence-electron chi connectivity index (χ0n) is 15.6. The van der Waals surface area contributed by atoms with Gasteiger partial charge in [0.05, 0.1) is 5.56 Å². The Morgan fingerprint density at radius 1 is 1.18 bits per heavy atom. The predicted molar refractivity (Wildman–Crippen MR) is 103 cm³/mol. The van der Waals surface area contributed by atoms with E-state index in [1.54, 1.807) is 29.4 Å². The molecule has 4 rings (SSSR count). The van der Waals surface area contributed by atoms with Crippen LogP contribution in [0.5, 0.6) is 0 Å². The number of rotatable bonds is 5. The number of ether oxygens (including phenoxy) is 1. The molecule has 0 unspecified atom stereocenters. The van der Waals surface area contributed by atoms with Gasteiger partial charge in [-0.05, 0) is 36.6 Å². The smallest absolute Gasteiger partial charge is 0.326 e. The second-order valence-electron chi connectivity index (χ2n) is 6.92. The maximum absolute atomic E-state index is 12.8. The van der Waals surface area contributed by atoms with Gasteiger partial charge in [-0.15, -0.1) is 0 Å². The first-order valence-electron chi connectivity index (χ1n) is 9.51. The van der Waals surface area contributed by atoms with Crippen molar-refractivity contribution in [3.05, 3.63) is 54.0 Å². The minimum absolute atomic E-state index is 0.0111. The van der Waals surface area contributed by atoms with E-state index in [2.05, 4.69) is 15.3 Å². The number of pyridine rings is 2. The van der Waals surface area contributed by atoms with Crippen LogP contribution in [0, 0.1) is 0 Å². The van der Waals surface area contributed by atoms with Crippen molar-refractivity contribution >= 4 is 17.8 Å². The van der Waals surface area contributed by atoms with Crippen LogP contribution in [0.4, 0.5) is 10.6 Å². The summed E-state index contributed by atoms with van der Waals surface area (Å²) < 4.78 is 5.39. The predicted octanol–water partition coefficient (Wildman–Crippen LogP) is 1.83. The van der Waals surface area contributed by atoms with Crippen LogP contribution >= 0.6 is 0 Å². The van der Waals surface area contributed by atoms with Crippen LogP contribution in [0.1, 0.15) is 28.8 Å². The lowest BCUT2D eigenvalue weighted by molar-refractivity contribution is 0.0520. The number of anilines is 1. The molecule has 0 aromatic carbocycles. The highest BCUT2D eigenvalue weighted by molar-refractivity contribution is 5.94. The van der Waals surface area contributed by atoms with Crippen LogP contribution in [0.3, 0.4) is 0 Å². The van der Waals surface area contributed by atoms with Crippen molar-refractivity contribution in [1.82, 2.24) is 20.2 Å². The average molecular weight is 381 g/mol. The highest BCUT2D eigenvalue weighted by Crippen LogP contribution is 2.23. The van der Waals surface area contributed by atoms with E-state index in [0.29, 0.717) is 44.2 Å². The summed E-state index contributed by atoms with van der Waals surface area (Å²) in [5.41, 5.74) is 1.39. The summed E-state index contributed by atoms with van der Waals surface area (Å²) in [6.45, 7) is 3.15. The van der Waals surface area contributed by atoms with E-state index in [9.17, 15) is 9.59 Å². The third-order valence-electron chi connectivity index (χ3n) is 5.14. The molecular formula is C20H23N5O3. The Morgan fingerprint density at radius 2 is 2.04 bits per heavy atom. The first-order chi connectivity index (χ1) is 13.7. The number of carbonyl (C=O) groups excluding carboxylic acids is 2. The summed E-state index contributed by atoms with van der Waals surface area (Å²) >= 11 is 0. The van der Waals surface area contributed by atoms with Gasteiger partial charge in [-0.2, -0.15) is 0 Å². The van der Waals surface area contributed by atoms with Crippen molar-refractivity contribution in [3.8, 4) is 0 Å². The third kappa shape index (κ3) is 3.96. The van der Waals surface area contributed by atoms with Gasteiger partial charge in [0.2, 0.25) is 0 Å². The topological polar surface area (TPSA) is 87.7 Å². The molecule has 146 valence electrons. The summed E-state index contributed by atoms with van der Waals surface area (Å²) in [7, 11) is 0. The summed E-state index contributed by atoms with van der Waals surface area (Å²) in [5, 5.41) is 2.84. The normalized spacial score (nSPS) is 17.8. The molecule has 0 saturated carbocycles. The van der Waals surface area contributed by atoms with Crippen molar-refractivity contribution in [2.24, 2.45) is 0 Å². The van der Waals surface area contributed by atoms with E-state index in [1.807, 2.05) is 17.0 Å². The second-order valence-corrected chi connectivity index (χ2v) is 6.92. The molecule has 3 amide bonds. The first-order valence-corrected chi connectivity index (χ1v) is 9.51. The summed E-state index contributed by atoms with van der Waals surface area (Å²) in [6, 6.07) is 7.42. The van der Waals surface area contributed by atoms with Gasteiger partial charge < -0.3 is 15.0 Å². The lowest BCUT2D eigenvalue weighted by Gasteiger charge is -2.30. The molecule has 0 spiro atoms. The first kappa shape index (κ1) is 18.4. The maximum Gasteiger partial charge on any atom is 0.326 e. The van der Waals surface area contributed by atoms with Gasteiger partial charge in [0.25, 0.3) is 5.91 Å². The number of hydrogen-bond donors (Lipinski definition) is 1. The lowest BCUT2D eigenvalue weighted by Crippen LogP contribution is -2.42. The fourth-order valence-corrected chi connectivity index (χ4v) is 3.56. The molecule has 8 heteroatoms. The number of nitrogens with zero attached hydrogens (tertiary/aromatic N) is 4. The van der Waals surface area contributed by atoms with Crippen LogP contribution in [0.2, 0.25) is 0 Å². The summed E-state index contributed by atoms with van der Waals surface area (Å²) in [5.74, 6) is 0.459. The molecule has 28 heavy (non-hydrogen) atoms. The Morgan fingerprint density at radius 3 is 2.75 bits per heavy atom. The minimum atomic E-state index is -0.181. The van der Waals surface area contributed by atoms with Gasteiger partial charge >= 0.3 is 6.03 Å². The SMILES string of the molecule is O=C(NCc1ccc(N2CCN(C3CCOCC3)C2=O)nc1)c1cccnc1.